The van der Waals surface area contributed by atoms with Crippen LogP contribution in [0.4, 0.5) is 0 Å². The van der Waals surface area contributed by atoms with Crippen LogP contribution in [-0.2, 0) is 4.79 Å². The molecule has 1 aromatic rings. The lowest BCUT2D eigenvalue weighted by Gasteiger charge is -2.31. The van der Waals surface area contributed by atoms with E-state index in [2.05, 4.69) is 11.9 Å². The maximum atomic E-state index is 11.9. The summed E-state index contributed by atoms with van der Waals surface area (Å²) in [4.78, 5) is 16.0. The summed E-state index contributed by atoms with van der Waals surface area (Å²) in [5.41, 5.74) is 0. The van der Waals surface area contributed by atoms with Gasteiger partial charge in [0.1, 0.15) is 11.5 Å². The average Bonchev–Trinajstić information content (AvgIpc) is 2.73. The van der Waals surface area contributed by atoms with Crippen LogP contribution in [0.15, 0.2) is 22.6 Å². The molecule has 0 atom stereocenters. The smallest absolute Gasteiger partial charge is 0.246 e. The number of piperazine rings is 1. The van der Waals surface area contributed by atoms with E-state index in [9.17, 15) is 4.79 Å². The van der Waals surface area contributed by atoms with Crippen LogP contribution in [0.2, 0.25) is 0 Å². The molecular weight excluding hydrogens is 216 g/mol. The second-order valence-corrected chi connectivity index (χ2v) is 4.41. The van der Waals surface area contributed by atoms with Crippen molar-refractivity contribution in [3.8, 4) is 0 Å². The lowest BCUT2D eigenvalue weighted by Crippen LogP contribution is -2.46. The number of hydrogen-bond donors (Lipinski definition) is 0. The first-order valence-electron chi connectivity index (χ1n) is 5.87. The van der Waals surface area contributed by atoms with Gasteiger partial charge in [-0.1, -0.05) is 0 Å². The lowest BCUT2D eigenvalue weighted by molar-refractivity contribution is -0.127. The Kier molecular flexibility index (Phi) is 3.64. The molecule has 0 aromatic carbocycles. The fraction of sp³-hybridized carbons (Fsp3) is 0.462. The molecule has 1 aliphatic heterocycles. The van der Waals surface area contributed by atoms with Crippen molar-refractivity contribution in [1.29, 1.82) is 0 Å². The summed E-state index contributed by atoms with van der Waals surface area (Å²) < 4.78 is 5.37. The van der Waals surface area contributed by atoms with E-state index in [0.717, 1.165) is 37.7 Å². The molecule has 0 N–H and O–H groups in total. The van der Waals surface area contributed by atoms with Gasteiger partial charge in [-0.3, -0.25) is 4.79 Å². The molecule has 2 rings (SSSR count). The van der Waals surface area contributed by atoms with Gasteiger partial charge in [0, 0.05) is 32.3 Å². The Morgan fingerprint density at radius 2 is 2.00 bits per heavy atom. The summed E-state index contributed by atoms with van der Waals surface area (Å²) >= 11 is 0. The number of nitrogens with zero attached hydrogens (tertiary/aromatic N) is 2. The Morgan fingerprint density at radius 3 is 2.59 bits per heavy atom. The van der Waals surface area contributed by atoms with E-state index in [1.165, 1.54) is 0 Å². The topological polar surface area (TPSA) is 36.7 Å². The van der Waals surface area contributed by atoms with E-state index in [4.69, 9.17) is 4.42 Å². The number of furan rings is 1. The Morgan fingerprint density at radius 1 is 1.29 bits per heavy atom. The number of carbonyl (C=O) groups excluding carboxylic acids is 1. The number of amides is 1. The second-order valence-electron chi connectivity index (χ2n) is 4.41. The molecule has 1 aromatic heterocycles. The minimum absolute atomic E-state index is 0.0622. The molecule has 0 unspecified atom stereocenters. The van der Waals surface area contributed by atoms with Crippen LogP contribution < -0.4 is 0 Å². The van der Waals surface area contributed by atoms with Crippen LogP contribution in [0.25, 0.3) is 6.08 Å². The Hall–Kier alpha value is -1.55. The fourth-order valence-corrected chi connectivity index (χ4v) is 1.83. The minimum atomic E-state index is 0.0622. The van der Waals surface area contributed by atoms with Gasteiger partial charge in [-0.25, -0.2) is 0 Å². The summed E-state index contributed by atoms with van der Waals surface area (Å²) in [7, 11) is 2.07. The van der Waals surface area contributed by atoms with Crippen molar-refractivity contribution in [3.63, 3.8) is 0 Å². The van der Waals surface area contributed by atoms with Crippen LogP contribution in [0, 0.1) is 6.92 Å². The van der Waals surface area contributed by atoms with Crippen LogP contribution >= 0.6 is 0 Å². The number of rotatable bonds is 2. The predicted molar refractivity (Wildman–Crippen MR) is 66.6 cm³/mol. The third-order valence-electron chi connectivity index (χ3n) is 2.97. The zero-order valence-electron chi connectivity index (χ0n) is 10.3. The fourth-order valence-electron chi connectivity index (χ4n) is 1.83. The first kappa shape index (κ1) is 11.9. The summed E-state index contributed by atoms with van der Waals surface area (Å²) in [6, 6.07) is 3.75. The molecule has 2 heterocycles. The summed E-state index contributed by atoms with van der Waals surface area (Å²) in [5.74, 6) is 1.65. The molecule has 0 spiro atoms. The van der Waals surface area contributed by atoms with E-state index in [1.807, 2.05) is 24.0 Å². The minimum Gasteiger partial charge on any atom is -0.462 e. The van der Waals surface area contributed by atoms with Crippen LogP contribution in [0.3, 0.4) is 0 Å². The quantitative estimate of drug-likeness (QED) is 0.725. The molecule has 4 nitrogen and oxygen atoms in total. The van der Waals surface area contributed by atoms with Gasteiger partial charge in [0.25, 0.3) is 0 Å². The Labute approximate surface area is 101 Å². The van der Waals surface area contributed by atoms with Gasteiger partial charge in [-0.2, -0.15) is 0 Å². The molecular formula is C13H18N2O2. The monoisotopic (exact) mass is 234 g/mol. The highest BCUT2D eigenvalue weighted by Gasteiger charge is 2.16. The van der Waals surface area contributed by atoms with Crippen molar-refractivity contribution < 1.29 is 9.21 Å². The van der Waals surface area contributed by atoms with Crippen molar-refractivity contribution in [2.24, 2.45) is 0 Å². The number of hydrogen-bond acceptors (Lipinski definition) is 3. The van der Waals surface area contributed by atoms with Crippen LogP contribution in [-0.4, -0.2) is 48.9 Å². The molecule has 1 amide bonds. The predicted octanol–water partition coefficient (Wildman–Crippen LogP) is 1.38. The van der Waals surface area contributed by atoms with Gasteiger partial charge in [0.15, 0.2) is 0 Å². The summed E-state index contributed by atoms with van der Waals surface area (Å²) in [6.07, 6.45) is 3.32. The van der Waals surface area contributed by atoms with Gasteiger partial charge in [0.05, 0.1) is 0 Å². The van der Waals surface area contributed by atoms with Gasteiger partial charge in [-0.15, -0.1) is 0 Å². The highest BCUT2D eigenvalue weighted by atomic mass is 16.3. The molecule has 0 bridgehead atoms. The normalized spacial score (nSPS) is 17.9. The molecule has 0 saturated carbocycles. The van der Waals surface area contributed by atoms with Gasteiger partial charge in [0.2, 0.25) is 5.91 Å². The molecule has 17 heavy (non-hydrogen) atoms. The largest absolute Gasteiger partial charge is 0.462 e. The van der Waals surface area contributed by atoms with Crippen molar-refractivity contribution in [3.05, 3.63) is 29.7 Å². The average molecular weight is 234 g/mol. The van der Waals surface area contributed by atoms with E-state index >= 15 is 0 Å². The molecule has 1 aliphatic rings. The lowest BCUT2D eigenvalue weighted by atomic mass is 10.3. The van der Waals surface area contributed by atoms with Crippen molar-refractivity contribution >= 4 is 12.0 Å². The van der Waals surface area contributed by atoms with E-state index in [1.54, 1.807) is 12.2 Å². The maximum absolute atomic E-state index is 11.9. The molecule has 92 valence electrons. The van der Waals surface area contributed by atoms with E-state index in [-0.39, 0.29) is 5.91 Å². The van der Waals surface area contributed by atoms with Gasteiger partial charge < -0.3 is 14.2 Å². The SMILES string of the molecule is Cc1ccc(/C=C/C(=O)N2CCN(C)CC2)o1. The standard InChI is InChI=1S/C13H18N2O2/c1-11-3-4-12(17-11)5-6-13(16)15-9-7-14(2)8-10-15/h3-6H,7-10H2,1-2H3/b6-5+. The summed E-state index contributed by atoms with van der Waals surface area (Å²) in [5, 5.41) is 0. The molecule has 4 heteroatoms. The zero-order valence-corrected chi connectivity index (χ0v) is 10.3. The zero-order chi connectivity index (χ0) is 12.3. The maximum Gasteiger partial charge on any atom is 0.246 e. The molecule has 0 radical (unpaired) electrons. The van der Waals surface area contributed by atoms with Gasteiger partial charge >= 0.3 is 0 Å². The third-order valence-corrected chi connectivity index (χ3v) is 2.97. The Bertz CT molecular complexity index is 415. The summed E-state index contributed by atoms with van der Waals surface area (Å²) in [6.45, 7) is 5.38. The van der Waals surface area contributed by atoms with Gasteiger partial charge in [-0.05, 0) is 32.2 Å². The van der Waals surface area contributed by atoms with Crippen molar-refractivity contribution in [1.82, 2.24) is 9.80 Å². The number of aryl methyl sites for hydroxylation is 1. The van der Waals surface area contributed by atoms with E-state index < -0.39 is 0 Å². The first-order valence-corrected chi connectivity index (χ1v) is 5.87. The number of carbonyl (C=O) groups is 1. The third kappa shape index (κ3) is 3.20. The van der Waals surface area contributed by atoms with Crippen molar-refractivity contribution in [2.45, 2.75) is 6.92 Å². The number of likely N-dealkylation sites (N-methyl/N-ethyl adjacent to an activating group) is 1. The first-order chi connectivity index (χ1) is 8.15. The van der Waals surface area contributed by atoms with Crippen molar-refractivity contribution in [2.75, 3.05) is 33.2 Å². The molecule has 1 saturated heterocycles. The second kappa shape index (κ2) is 5.19. The molecule has 0 aliphatic carbocycles. The van der Waals surface area contributed by atoms with Crippen LogP contribution in [0.5, 0.6) is 0 Å². The van der Waals surface area contributed by atoms with E-state index in [0.29, 0.717) is 0 Å². The highest BCUT2D eigenvalue weighted by Crippen LogP contribution is 2.08. The molecule has 1 fully saturated rings. The Balaban J connectivity index is 1.90. The highest BCUT2D eigenvalue weighted by molar-refractivity contribution is 5.91. The van der Waals surface area contributed by atoms with Crippen LogP contribution in [0.1, 0.15) is 11.5 Å².